The summed E-state index contributed by atoms with van der Waals surface area (Å²) in [6, 6.07) is 63.3. The highest BCUT2D eigenvalue weighted by Crippen LogP contribution is 2.38. The topological polar surface area (TPSA) is 14.8 Å². The molecule has 2 aromatic heterocycles. The van der Waals surface area contributed by atoms with Gasteiger partial charge in [-0.15, -0.1) is 0 Å². The fraction of sp³-hybridized carbons (Fsp3) is 0. The van der Waals surface area contributed by atoms with Crippen LogP contribution in [-0.2, 0) is 0 Å². The number of benzene rings is 7. The summed E-state index contributed by atoms with van der Waals surface area (Å²) in [4.78, 5) is 0. The number of rotatable bonds is 3. The Morgan fingerprint density at radius 1 is 0.222 bits per heavy atom. The summed E-state index contributed by atoms with van der Waals surface area (Å²) in [6.07, 6.45) is 0. The van der Waals surface area contributed by atoms with Crippen molar-refractivity contribution in [3.63, 3.8) is 0 Å². The van der Waals surface area contributed by atoms with Crippen LogP contribution >= 0.6 is 0 Å². The minimum atomic E-state index is 1.11. The molecule has 7 aromatic carbocycles. The monoisotopic (exact) mass is 575 g/mol. The number of hydrogen-bond donors (Lipinski definition) is 0. The third-order valence-corrected chi connectivity index (χ3v) is 8.87. The van der Waals surface area contributed by atoms with Gasteiger partial charge < -0.3 is 13.7 Å². The quantitative estimate of drug-likeness (QED) is 0.199. The van der Waals surface area contributed by atoms with Crippen molar-refractivity contribution in [1.82, 2.24) is 13.7 Å². The molecule has 0 aliphatic rings. The van der Waals surface area contributed by atoms with E-state index in [2.05, 4.69) is 190 Å². The summed E-state index contributed by atoms with van der Waals surface area (Å²) in [7, 11) is 0. The number of fused-ring (bicyclic) bond motifs is 7. The minimum absolute atomic E-state index is 1.11. The Bertz CT molecular complexity index is 2570. The third-order valence-electron chi connectivity index (χ3n) is 8.87. The molecule has 0 saturated heterocycles. The second-order valence-electron chi connectivity index (χ2n) is 11.4. The maximum atomic E-state index is 2.44. The van der Waals surface area contributed by atoms with Crippen molar-refractivity contribution in [2.75, 3.05) is 0 Å². The molecule has 9 rings (SSSR count). The minimum Gasteiger partial charge on any atom is -0.309 e. The highest BCUT2D eigenvalue weighted by Gasteiger charge is 2.18. The Hall–Kier alpha value is -6.06. The van der Waals surface area contributed by atoms with E-state index in [1.165, 1.54) is 32.6 Å². The molecule has 0 amide bonds. The molecule has 0 unspecified atom stereocenters. The molecule has 0 bridgehead atoms. The van der Waals surface area contributed by atoms with E-state index in [1.807, 2.05) is 0 Å². The first-order chi connectivity index (χ1) is 22.4. The Morgan fingerprint density at radius 3 is 0.956 bits per heavy atom. The predicted octanol–water partition coefficient (Wildman–Crippen LogP) is 10.9. The number of aromatic nitrogens is 3. The Morgan fingerprint density at radius 2 is 0.533 bits per heavy atom. The molecule has 0 atom stereocenters. The van der Waals surface area contributed by atoms with Crippen LogP contribution in [0.4, 0.5) is 0 Å². The predicted molar refractivity (Wildman–Crippen MR) is 190 cm³/mol. The van der Waals surface area contributed by atoms with E-state index in [9.17, 15) is 0 Å². The summed E-state index contributed by atoms with van der Waals surface area (Å²) in [5.41, 5.74) is 10.3. The van der Waals surface area contributed by atoms with Gasteiger partial charge in [0.25, 0.3) is 0 Å². The van der Waals surface area contributed by atoms with E-state index in [-0.39, 0.29) is 0 Å². The van der Waals surface area contributed by atoms with Crippen LogP contribution in [0.15, 0.2) is 176 Å². The van der Waals surface area contributed by atoms with Crippen molar-refractivity contribution in [3.8, 4) is 17.1 Å². The smallest absolute Gasteiger partial charge is 0.0724 e. The lowest BCUT2D eigenvalue weighted by Crippen LogP contribution is -2.05. The molecular formula is C42H29N3. The first kappa shape index (κ1) is 25.4. The van der Waals surface area contributed by atoms with Crippen molar-refractivity contribution in [3.05, 3.63) is 176 Å². The molecule has 0 aliphatic carbocycles. The van der Waals surface area contributed by atoms with Crippen molar-refractivity contribution < 1.29 is 0 Å². The van der Waals surface area contributed by atoms with Gasteiger partial charge in [-0.25, -0.2) is 0 Å². The first-order valence-corrected chi connectivity index (χ1v) is 15.4. The van der Waals surface area contributed by atoms with Crippen LogP contribution in [0.25, 0.3) is 71.7 Å². The number of nitrogens with zero attached hydrogens (tertiary/aromatic N) is 3. The number of hydrogen-bond acceptors (Lipinski definition) is 0. The van der Waals surface area contributed by atoms with E-state index >= 15 is 0 Å². The second-order valence-corrected chi connectivity index (χ2v) is 11.4. The van der Waals surface area contributed by atoms with Crippen LogP contribution in [0.2, 0.25) is 0 Å². The maximum absolute atomic E-state index is 2.44. The molecule has 3 heteroatoms. The molecule has 0 saturated carbocycles. The average Bonchev–Trinajstić information content (AvgIpc) is 3.43. The lowest BCUT2D eigenvalue weighted by molar-refractivity contribution is 1.12. The summed E-state index contributed by atoms with van der Waals surface area (Å²) in [6.45, 7) is 0. The molecule has 0 spiro atoms. The summed E-state index contributed by atoms with van der Waals surface area (Å²) >= 11 is 0. The van der Waals surface area contributed by atoms with Crippen molar-refractivity contribution in [2.24, 2.45) is 0 Å². The zero-order chi connectivity index (χ0) is 29.7. The zero-order valence-corrected chi connectivity index (χ0v) is 24.6. The van der Waals surface area contributed by atoms with Gasteiger partial charge in [-0.05, 0) is 66.7 Å². The zero-order valence-electron chi connectivity index (χ0n) is 24.6. The van der Waals surface area contributed by atoms with Crippen LogP contribution in [0, 0.1) is 0 Å². The van der Waals surface area contributed by atoms with E-state index in [0.29, 0.717) is 0 Å². The molecule has 9 aromatic rings. The first-order valence-electron chi connectivity index (χ1n) is 15.4. The van der Waals surface area contributed by atoms with Crippen LogP contribution in [0.5, 0.6) is 0 Å². The molecule has 3 nitrogen and oxygen atoms in total. The van der Waals surface area contributed by atoms with Gasteiger partial charge in [0.15, 0.2) is 0 Å². The summed E-state index contributed by atoms with van der Waals surface area (Å²) < 4.78 is 7.27. The molecule has 2 heterocycles. The van der Waals surface area contributed by atoms with Gasteiger partial charge in [-0.1, -0.05) is 109 Å². The van der Waals surface area contributed by atoms with Crippen LogP contribution in [0.1, 0.15) is 0 Å². The SMILES string of the molecule is c1ccc(-n2c3ccccc3c3cc4c(cc32)n(-c2ccccc2)c2ccccc2c2ccccc2n4-c2ccccc2)cc1. The van der Waals surface area contributed by atoms with Crippen molar-refractivity contribution in [1.29, 1.82) is 0 Å². The van der Waals surface area contributed by atoms with Crippen LogP contribution in [-0.4, -0.2) is 13.7 Å². The van der Waals surface area contributed by atoms with Gasteiger partial charge in [0, 0.05) is 38.6 Å². The van der Waals surface area contributed by atoms with Gasteiger partial charge in [-0.3, -0.25) is 0 Å². The van der Waals surface area contributed by atoms with Crippen LogP contribution < -0.4 is 0 Å². The average molecular weight is 576 g/mol. The van der Waals surface area contributed by atoms with Gasteiger partial charge in [-0.2, -0.15) is 0 Å². The molecule has 0 aliphatic heterocycles. The van der Waals surface area contributed by atoms with Gasteiger partial charge in [0.2, 0.25) is 0 Å². The highest BCUT2D eigenvalue weighted by molar-refractivity contribution is 6.14. The third kappa shape index (κ3) is 3.98. The molecular weight excluding hydrogens is 546 g/mol. The van der Waals surface area contributed by atoms with Gasteiger partial charge in [0.1, 0.15) is 0 Å². The van der Waals surface area contributed by atoms with Crippen LogP contribution in [0.3, 0.4) is 0 Å². The van der Waals surface area contributed by atoms with E-state index < -0.39 is 0 Å². The van der Waals surface area contributed by atoms with Gasteiger partial charge in [0.05, 0.1) is 33.1 Å². The largest absolute Gasteiger partial charge is 0.309 e. The molecule has 212 valence electrons. The summed E-state index contributed by atoms with van der Waals surface area (Å²) in [5, 5.41) is 4.82. The van der Waals surface area contributed by atoms with E-state index in [1.54, 1.807) is 0 Å². The lowest BCUT2D eigenvalue weighted by atomic mass is 10.1. The van der Waals surface area contributed by atoms with E-state index in [4.69, 9.17) is 0 Å². The normalized spacial score (nSPS) is 11.6. The highest BCUT2D eigenvalue weighted by atomic mass is 15.0. The Labute approximate surface area is 260 Å². The van der Waals surface area contributed by atoms with Gasteiger partial charge >= 0.3 is 0 Å². The number of para-hydroxylation sites is 6. The van der Waals surface area contributed by atoms with E-state index in [0.717, 1.165) is 39.1 Å². The standard InChI is InChI=1S/C42H29N3/c1-4-16-30(17-5-1)43-39-27-15-12-24-35(39)36-28-41-42(29-40(36)43)45(32-20-8-3-9-21-32)38-26-14-11-23-34(38)33-22-10-13-25-37(33)44(41)31-18-6-2-7-19-31/h1-29H. The second kappa shape index (κ2) is 10.3. The molecule has 0 radical (unpaired) electrons. The Kier molecular flexibility index (Phi) is 5.82. The summed E-state index contributed by atoms with van der Waals surface area (Å²) in [5.74, 6) is 0. The molecule has 45 heavy (non-hydrogen) atoms. The van der Waals surface area contributed by atoms with Crippen molar-refractivity contribution in [2.45, 2.75) is 0 Å². The fourth-order valence-corrected chi connectivity index (χ4v) is 6.97. The molecule has 0 fully saturated rings. The fourth-order valence-electron chi connectivity index (χ4n) is 6.97. The van der Waals surface area contributed by atoms with Crippen molar-refractivity contribution >= 4 is 54.6 Å². The maximum Gasteiger partial charge on any atom is 0.0724 e. The molecule has 0 N–H and O–H groups in total. The Balaban J connectivity index is 1.64. The lowest BCUT2D eigenvalue weighted by Gasteiger charge is -2.20.